The number of aromatic nitrogens is 3. The topological polar surface area (TPSA) is 317 Å². The van der Waals surface area contributed by atoms with E-state index in [-0.39, 0.29) is 114 Å². The van der Waals surface area contributed by atoms with Gasteiger partial charge in [0, 0.05) is 50.3 Å². The third-order valence-corrected chi connectivity index (χ3v) is 10.7. The van der Waals surface area contributed by atoms with Crippen LogP contribution in [0.15, 0.2) is 102 Å². The molecule has 0 fully saturated rings. The Morgan fingerprint density at radius 1 is 0.482 bits per heavy atom. The van der Waals surface area contributed by atoms with Crippen LogP contribution in [0.3, 0.4) is 0 Å². The molecule has 0 unspecified atom stereocenters. The van der Waals surface area contributed by atoms with Crippen molar-refractivity contribution in [1.82, 2.24) is 15.0 Å². The number of fused-ring (bicyclic) bond motifs is 3. The smallest absolute Gasteiger partial charge is 0.543 e. The number of hydrogen-bond acceptors (Lipinski definition) is 16. The van der Waals surface area contributed by atoms with Gasteiger partial charge >= 0.3 is 41.5 Å². The van der Waals surface area contributed by atoms with E-state index in [2.05, 4.69) is 52.8 Å². The van der Waals surface area contributed by atoms with Crippen molar-refractivity contribution in [3.63, 3.8) is 0 Å². The Bertz CT molecular complexity index is 2590. The van der Waals surface area contributed by atoms with Gasteiger partial charge in [0.1, 0.15) is 26.1 Å². The second-order valence-electron chi connectivity index (χ2n) is 10.3. The van der Waals surface area contributed by atoms with Gasteiger partial charge in [-0.25, -0.2) is 24.5 Å². The number of pyridine rings is 3. The number of nitrogens with zero attached hydrogens (tertiary/aromatic N) is 3. The molecule has 0 saturated carbocycles. The van der Waals surface area contributed by atoms with Crippen LogP contribution in [0, 0.1) is 0 Å². The third kappa shape index (κ3) is 11.4. The molecule has 0 radical (unpaired) electrons. The van der Waals surface area contributed by atoms with Crippen molar-refractivity contribution in [2.75, 3.05) is 0 Å². The maximum Gasteiger partial charge on any atom is 1.00 e. The van der Waals surface area contributed by atoms with Gasteiger partial charge in [-0.15, -0.1) is 37.9 Å². The van der Waals surface area contributed by atoms with Gasteiger partial charge in [0.2, 0.25) is 0 Å². The van der Waals surface area contributed by atoms with E-state index in [9.17, 15) is 44.7 Å². The van der Waals surface area contributed by atoms with Crippen molar-refractivity contribution in [2.24, 2.45) is 0 Å². The van der Waals surface area contributed by atoms with Gasteiger partial charge in [-0.3, -0.25) is 13.7 Å². The number of rotatable bonds is 6. The first-order valence-corrected chi connectivity index (χ1v) is 19.6. The molecule has 3 heterocycles. The fourth-order valence-electron chi connectivity index (χ4n) is 4.56. The molecule has 56 heavy (non-hydrogen) atoms. The summed E-state index contributed by atoms with van der Waals surface area (Å²) >= 11 is 12.2. The van der Waals surface area contributed by atoms with Crippen molar-refractivity contribution in [3.8, 4) is 0 Å². The second-order valence-corrected chi connectivity index (χ2v) is 16.0. The molecular weight excluding hydrogens is 923 g/mol. The molecular formula is C30H20N3NaO15S6Zn. The van der Waals surface area contributed by atoms with Crippen molar-refractivity contribution in [1.29, 1.82) is 0 Å². The first-order valence-electron chi connectivity index (χ1n) is 13.9. The van der Waals surface area contributed by atoms with E-state index in [0.29, 0.717) is 14.7 Å². The average Bonchev–Trinajstić information content (AvgIpc) is 3.07. The number of benzene rings is 3. The van der Waals surface area contributed by atoms with Gasteiger partial charge in [-0.1, -0.05) is 0 Å². The van der Waals surface area contributed by atoms with Crippen LogP contribution in [0.25, 0.3) is 32.7 Å². The molecule has 18 nitrogen and oxygen atoms in total. The predicted octanol–water partition coefficient (Wildman–Crippen LogP) is 0.0720. The van der Waals surface area contributed by atoms with E-state index in [1.165, 1.54) is 54.6 Å². The molecule has 5 N–H and O–H groups in total. The summed E-state index contributed by atoms with van der Waals surface area (Å²) in [4.78, 5) is 43.5. The molecule has 0 aliphatic heterocycles. The number of carboxylic acid groups (broad SMARTS) is 3. The summed E-state index contributed by atoms with van der Waals surface area (Å²) in [5.74, 6) is -3.95. The Morgan fingerprint density at radius 2 is 0.732 bits per heavy atom. The second kappa shape index (κ2) is 19.0. The summed E-state index contributed by atoms with van der Waals surface area (Å²) in [5, 5.41) is 28.6. The number of hydrogen-bond donors (Lipinski definition) is 8. The molecule has 3 aromatic heterocycles. The van der Waals surface area contributed by atoms with E-state index >= 15 is 0 Å². The fourth-order valence-corrected chi connectivity index (χ4v) is 7.34. The Hall–Kier alpha value is -3.30. The molecule has 0 saturated heterocycles. The summed E-state index contributed by atoms with van der Waals surface area (Å²) in [6.45, 7) is 0. The van der Waals surface area contributed by atoms with Crippen LogP contribution in [0.1, 0.15) is 31.5 Å². The quantitative estimate of drug-likeness (QED) is 0.0622. The van der Waals surface area contributed by atoms with Crippen LogP contribution in [-0.2, 0) is 49.8 Å². The number of carbonyl (C=O) groups is 3. The van der Waals surface area contributed by atoms with Gasteiger partial charge in [0.05, 0.1) is 28.2 Å². The fraction of sp³-hybridized carbons (Fsp3) is 0. The van der Waals surface area contributed by atoms with E-state index in [1.54, 1.807) is 0 Å². The minimum absolute atomic E-state index is 0. The molecule has 0 spiro atoms. The normalized spacial score (nSPS) is 11.2. The van der Waals surface area contributed by atoms with Gasteiger partial charge in [0.15, 0.2) is 0 Å². The summed E-state index contributed by atoms with van der Waals surface area (Å²) in [6, 6.07) is 14.7. The molecule has 3 aromatic carbocycles. The molecule has 0 aliphatic carbocycles. The molecule has 0 amide bonds. The maximum absolute atomic E-state index is 11.2. The van der Waals surface area contributed by atoms with E-state index in [0.717, 1.165) is 18.2 Å². The monoisotopic (exact) mass is 941 g/mol. The van der Waals surface area contributed by atoms with Crippen LogP contribution in [-0.4, -0.2) is 82.0 Å². The summed E-state index contributed by atoms with van der Waals surface area (Å²) in [5.41, 5.74) is -0.530. The van der Waals surface area contributed by atoms with E-state index in [1.807, 2.05) is 0 Å². The zero-order valence-corrected chi connectivity index (χ0v) is 38.0. The molecule has 6 rings (SSSR count). The molecule has 0 atom stereocenters. The van der Waals surface area contributed by atoms with Crippen LogP contribution < -0.4 is 34.7 Å². The number of carboxylic acids is 3. The summed E-state index contributed by atoms with van der Waals surface area (Å²) < 4.78 is 94.1. The number of carbonyl (C=O) groups excluding carboxylic acids is 1. The number of thiol groups is 3. The maximum atomic E-state index is 11.2. The van der Waals surface area contributed by atoms with Crippen molar-refractivity contribution in [3.05, 3.63) is 89.9 Å². The SMILES string of the molecule is O=C(O)c1ccc2c(S(=O)(=O)O)ccc(S)c2n1.O=C(O)c1ccc2c(S(=O)(=O)O)ccc(S)c2n1.O=C([O-])c1ccc2c(S(=O)(=O)O)ccc(S)c2n1.[Na+].[Zn]. The molecule has 26 heteroatoms. The largest absolute Gasteiger partial charge is 1.00 e. The predicted molar refractivity (Wildman–Crippen MR) is 195 cm³/mol. The first kappa shape index (κ1) is 48.9. The standard InChI is InChI=1S/3C10H7NO5S2.Na.Zn/c3*12-10(13)6-2-1-5-8(18(14,15)16)4-3-7(17)9(5)11-6;;/h3*1-4,17H,(H,12,13)(H,14,15,16);;/q;;;+1;/p-1. The van der Waals surface area contributed by atoms with Crippen LogP contribution in [0.2, 0.25) is 0 Å². The Balaban J connectivity index is 0.000000285. The molecule has 0 bridgehead atoms. The third-order valence-electron chi connectivity index (χ3n) is 6.87. The van der Waals surface area contributed by atoms with Crippen molar-refractivity contribution >= 4 is 119 Å². The summed E-state index contributed by atoms with van der Waals surface area (Å²) in [6.07, 6.45) is 0. The van der Waals surface area contributed by atoms with Crippen LogP contribution in [0.4, 0.5) is 0 Å². The minimum atomic E-state index is -4.42. The van der Waals surface area contributed by atoms with Gasteiger partial charge in [-0.05, 0) is 72.8 Å². The first-order chi connectivity index (χ1) is 24.9. The zero-order chi connectivity index (χ0) is 40.5. The van der Waals surface area contributed by atoms with Gasteiger partial charge < -0.3 is 20.1 Å². The molecule has 6 aromatic rings. The van der Waals surface area contributed by atoms with Gasteiger partial charge in [-0.2, -0.15) is 25.3 Å². The Morgan fingerprint density at radius 3 is 0.964 bits per heavy atom. The molecule has 0 aliphatic rings. The Kier molecular flexibility index (Phi) is 16.5. The zero-order valence-electron chi connectivity index (χ0n) is 27.9. The Labute approximate surface area is 367 Å². The molecule has 284 valence electrons. The minimum Gasteiger partial charge on any atom is -0.543 e. The average molecular weight is 943 g/mol. The van der Waals surface area contributed by atoms with E-state index in [4.69, 9.17) is 23.9 Å². The number of aromatic carboxylic acids is 3. The van der Waals surface area contributed by atoms with Crippen molar-refractivity contribution < 1.29 is 118 Å². The van der Waals surface area contributed by atoms with E-state index < -0.39 is 48.3 Å². The van der Waals surface area contributed by atoms with Crippen molar-refractivity contribution in [2.45, 2.75) is 29.4 Å². The van der Waals surface area contributed by atoms with Crippen LogP contribution in [0.5, 0.6) is 0 Å². The van der Waals surface area contributed by atoms with Gasteiger partial charge in [0.25, 0.3) is 30.4 Å². The summed E-state index contributed by atoms with van der Waals surface area (Å²) in [7, 11) is -13.2. The van der Waals surface area contributed by atoms with Crippen LogP contribution >= 0.6 is 37.9 Å².